The molecular weight excluding hydrogens is 342 g/mol. The van der Waals surface area contributed by atoms with Crippen LogP contribution in [0.5, 0.6) is 5.75 Å². The maximum Gasteiger partial charge on any atom is 0.274 e. The molecule has 0 radical (unpaired) electrons. The third kappa shape index (κ3) is 4.70. The molecule has 1 heterocycles. The molecule has 6 heteroatoms. The van der Waals surface area contributed by atoms with E-state index in [0.717, 1.165) is 17.1 Å². The number of amides is 1. The monoisotopic (exact) mass is 361 g/mol. The zero-order valence-electron chi connectivity index (χ0n) is 15.0. The number of rotatable bonds is 6. The topological polar surface area (TPSA) is 80.3 Å². The van der Waals surface area contributed by atoms with Crippen LogP contribution in [0.25, 0.3) is 0 Å². The summed E-state index contributed by atoms with van der Waals surface area (Å²) in [5.74, 6) is 0.345. The van der Waals surface area contributed by atoms with Gasteiger partial charge in [0.15, 0.2) is 5.78 Å². The van der Waals surface area contributed by atoms with Crippen molar-refractivity contribution >= 4 is 28.8 Å². The summed E-state index contributed by atoms with van der Waals surface area (Å²) in [5.41, 5.74) is 2.97. The second-order valence-electron chi connectivity index (χ2n) is 5.88. The van der Waals surface area contributed by atoms with Crippen molar-refractivity contribution in [2.24, 2.45) is 0 Å². The molecule has 0 aliphatic heterocycles. The first-order chi connectivity index (χ1) is 13.0. The summed E-state index contributed by atoms with van der Waals surface area (Å²) in [4.78, 5) is 28.0. The Morgan fingerprint density at radius 3 is 2.41 bits per heavy atom. The van der Waals surface area contributed by atoms with Gasteiger partial charge in [-0.1, -0.05) is 18.2 Å². The summed E-state index contributed by atoms with van der Waals surface area (Å²) in [5, 5.41) is 5.95. The van der Waals surface area contributed by atoms with E-state index < -0.39 is 0 Å². The lowest BCUT2D eigenvalue weighted by atomic mass is 10.1. The van der Waals surface area contributed by atoms with Crippen molar-refractivity contribution < 1.29 is 14.3 Å². The highest BCUT2D eigenvalue weighted by Crippen LogP contribution is 2.21. The van der Waals surface area contributed by atoms with E-state index in [1.807, 2.05) is 24.3 Å². The van der Waals surface area contributed by atoms with Crippen molar-refractivity contribution in [2.45, 2.75) is 6.92 Å². The number of methoxy groups -OCH3 is 1. The molecule has 2 aromatic carbocycles. The summed E-state index contributed by atoms with van der Waals surface area (Å²) in [7, 11) is 1.61. The van der Waals surface area contributed by atoms with E-state index in [2.05, 4.69) is 15.6 Å². The molecule has 3 rings (SSSR count). The van der Waals surface area contributed by atoms with Crippen molar-refractivity contribution in [3.8, 4) is 5.75 Å². The molecular formula is C21H19N3O3. The van der Waals surface area contributed by atoms with Gasteiger partial charge >= 0.3 is 0 Å². The highest BCUT2D eigenvalue weighted by atomic mass is 16.5. The zero-order chi connectivity index (χ0) is 19.2. The summed E-state index contributed by atoms with van der Waals surface area (Å²) in [6.45, 7) is 1.48. The Hall–Kier alpha value is -3.67. The third-order valence-electron chi connectivity index (χ3n) is 3.88. The fraction of sp³-hybridized carbons (Fsp3) is 0.0952. The van der Waals surface area contributed by atoms with Crippen molar-refractivity contribution in [3.05, 3.63) is 78.1 Å². The van der Waals surface area contributed by atoms with Crippen molar-refractivity contribution in [1.82, 2.24) is 4.98 Å². The number of nitrogens with one attached hydrogen (secondary N) is 2. The number of nitrogens with zero attached hydrogens (tertiary/aromatic N) is 1. The maximum atomic E-state index is 12.4. The van der Waals surface area contributed by atoms with Gasteiger partial charge in [0.25, 0.3) is 5.91 Å². The van der Waals surface area contributed by atoms with Crippen LogP contribution in [0.3, 0.4) is 0 Å². The first kappa shape index (κ1) is 18.1. The van der Waals surface area contributed by atoms with Crippen LogP contribution >= 0.6 is 0 Å². The van der Waals surface area contributed by atoms with Gasteiger partial charge in [-0.2, -0.15) is 0 Å². The van der Waals surface area contributed by atoms with Gasteiger partial charge < -0.3 is 15.4 Å². The summed E-state index contributed by atoms with van der Waals surface area (Å²) in [6.07, 6.45) is 1.58. The minimum Gasteiger partial charge on any atom is -0.497 e. The number of carbonyl (C=O) groups excluding carboxylic acids is 2. The van der Waals surface area contributed by atoms with E-state index in [-0.39, 0.29) is 17.4 Å². The second kappa shape index (κ2) is 8.14. The van der Waals surface area contributed by atoms with E-state index >= 15 is 0 Å². The number of hydrogen-bond acceptors (Lipinski definition) is 5. The number of ketones is 1. The molecule has 1 amide bonds. The Morgan fingerprint density at radius 2 is 1.70 bits per heavy atom. The number of Topliss-reactive ketones (excluding diaryl/α,β-unsaturated/α-hetero) is 1. The van der Waals surface area contributed by atoms with Crippen LogP contribution in [-0.4, -0.2) is 23.8 Å². The molecule has 2 N–H and O–H groups in total. The standard InChI is InChI=1S/C21H19N3O3/c1-14(25)15-5-3-6-16(11-15)24-21(26)20-10-9-18(13-22-20)23-17-7-4-8-19(12-17)27-2/h3-13,23H,1-2H3,(H,24,26). The molecule has 136 valence electrons. The van der Waals surface area contributed by atoms with Crippen molar-refractivity contribution in [3.63, 3.8) is 0 Å². The lowest BCUT2D eigenvalue weighted by molar-refractivity contribution is 0.100. The quantitative estimate of drug-likeness (QED) is 0.640. The lowest BCUT2D eigenvalue weighted by Gasteiger charge is -2.09. The van der Waals surface area contributed by atoms with E-state index in [1.165, 1.54) is 6.92 Å². The van der Waals surface area contributed by atoms with Gasteiger partial charge in [0, 0.05) is 23.0 Å². The number of anilines is 3. The Kier molecular flexibility index (Phi) is 5.47. The largest absolute Gasteiger partial charge is 0.497 e. The van der Waals surface area contributed by atoms with Crippen molar-refractivity contribution in [1.29, 1.82) is 0 Å². The molecule has 0 atom stereocenters. The highest BCUT2D eigenvalue weighted by Gasteiger charge is 2.09. The van der Waals surface area contributed by atoms with Gasteiger partial charge in [-0.05, 0) is 43.3 Å². The van der Waals surface area contributed by atoms with Crippen LogP contribution in [0.2, 0.25) is 0 Å². The Morgan fingerprint density at radius 1 is 0.926 bits per heavy atom. The average Bonchev–Trinajstić information content (AvgIpc) is 2.69. The van der Waals surface area contributed by atoms with Crippen LogP contribution < -0.4 is 15.4 Å². The maximum absolute atomic E-state index is 12.4. The van der Waals surface area contributed by atoms with Gasteiger partial charge in [-0.25, -0.2) is 4.98 Å². The van der Waals surface area contributed by atoms with Crippen LogP contribution in [0.4, 0.5) is 17.1 Å². The lowest BCUT2D eigenvalue weighted by Crippen LogP contribution is -2.14. The van der Waals surface area contributed by atoms with Crippen LogP contribution in [0, 0.1) is 0 Å². The number of pyridine rings is 1. The van der Waals surface area contributed by atoms with Gasteiger partial charge in [0.2, 0.25) is 0 Å². The fourth-order valence-corrected chi connectivity index (χ4v) is 2.48. The average molecular weight is 361 g/mol. The minimum atomic E-state index is -0.344. The summed E-state index contributed by atoms with van der Waals surface area (Å²) < 4.78 is 5.19. The highest BCUT2D eigenvalue weighted by molar-refractivity contribution is 6.04. The van der Waals surface area contributed by atoms with Gasteiger partial charge in [-0.15, -0.1) is 0 Å². The van der Waals surface area contributed by atoms with E-state index in [4.69, 9.17) is 4.74 Å². The summed E-state index contributed by atoms with van der Waals surface area (Å²) in [6, 6.07) is 17.7. The van der Waals surface area contributed by atoms with Crippen LogP contribution in [-0.2, 0) is 0 Å². The molecule has 27 heavy (non-hydrogen) atoms. The normalized spacial score (nSPS) is 10.1. The Bertz CT molecular complexity index is 968. The van der Waals surface area contributed by atoms with E-state index in [9.17, 15) is 9.59 Å². The molecule has 0 aliphatic rings. The number of hydrogen-bond donors (Lipinski definition) is 2. The van der Waals surface area contributed by atoms with Gasteiger partial charge in [-0.3, -0.25) is 9.59 Å². The molecule has 0 spiro atoms. The first-order valence-electron chi connectivity index (χ1n) is 8.34. The minimum absolute atomic E-state index is 0.0582. The zero-order valence-corrected chi connectivity index (χ0v) is 15.0. The van der Waals surface area contributed by atoms with E-state index in [1.54, 1.807) is 49.7 Å². The van der Waals surface area contributed by atoms with Crippen LogP contribution in [0.1, 0.15) is 27.8 Å². The predicted octanol–water partition coefficient (Wildman–Crippen LogP) is 4.29. The molecule has 1 aromatic heterocycles. The van der Waals surface area contributed by atoms with Crippen LogP contribution in [0.15, 0.2) is 66.9 Å². The number of carbonyl (C=O) groups is 2. The van der Waals surface area contributed by atoms with Gasteiger partial charge in [0.05, 0.1) is 19.0 Å². The fourth-order valence-electron chi connectivity index (χ4n) is 2.48. The number of aromatic nitrogens is 1. The predicted molar refractivity (Wildman–Crippen MR) is 105 cm³/mol. The molecule has 0 unspecified atom stereocenters. The molecule has 0 fully saturated rings. The molecule has 0 bridgehead atoms. The third-order valence-corrected chi connectivity index (χ3v) is 3.88. The Balaban J connectivity index is 1.68. The molecule has 3 aromatic rings. The smallest absolute Gasteiger partial charge is 0.274 e. The van der Waals surface area contributed by atoms with E-state index in [0.29, 0.717) is 11.3 Å². The van der Waals surface area contributed by atoms with Crippen molar-refractivity contribution in [2.75, 3.05) is 17.7 Å². The Labute approximate surface area is 157 Å². The number of benzene rings is 2. The number of ether oxygens (including phenoxy) is 1. The molecule has 0 aliphatic carbocycles. The molecule has 0 saturated heterocycles. The molecule has 0 saturated carbocycles. The molecule has 6 nitrogen and oxygen atoms in total. The van der Waals surface area contributed by atoms with Gasteiger partial charge in [0.1, 0.15) is 11.4 Å². The first-order valence-corrected chi connectivity index (χ1v) is 8.34. The second-order valence-corrected chi connectivity index (χ2v) is 5.88. The summed E-state index contributed by atoms with van der Waals surface area (Å²) >= 11 is 0. The SMILES string of the molecule is COc1cccc(Nc2ccc(C(=O)Nc3cccc(C(C)=O)c3)nc2)c1.